The molecule has 19 heavy (non-hydrogen) atoms. The summed E-state index contributed by atoms with van der Waals surface area (Å²) < 4.78 is 2.01. The highest BCUT2D eigenvalue weighted by Gasteiger charge is 2.24. The number of aryl methyl sites for hydroxylation is 1. The lowest BCUT2D eigenvalue weighted by Gasteiger charge is -2.31. The maximum Gasteiger partial charge on any atom is 0.270 e. The first-order valence-electron chi connectivity index (χ1n) is 7.00. The lowest BCUT2D eigenvalue weighted by atomic mass is 10.00. The van der Waals surface area contributed by atoms with Crippen LogP contribution in [0.25, 0.3) is 10.9 Å². The van der Waals surface area contributed by atoms with Crippen LogP contribution < -0.4 is 0 Å². The van der Waals surface area contributed by atoms with Crippen molar-refractivity contribution >= 4 is 16.8 Å². The molecule has 0 bridgehead atoms. The van der Waals surface area contributed by atoms with Crippen LogP contribution in [0.1, 0.15) is 30.3 Å². The van der Waals surface area contributed by atoms with E-state index in [-0.39, 0.29) is 5.91 Å². The number of rotatable bonds is 1. The van der Waals surface area contributed by atoms with Gasteiger partial charge in [0.25, 0.3) is 5.91 Å². The average molecular weight is 256 g/mol. The lowest BCUT2D eigenvalue weighted by molar-refractivity contribution is 0.0674. The van der Waals surface area contributed by atoms with Gasteiger partial charge in [0.1, 0.15) is 5.69 Å². The summed E-state index contributed by atoms with van der Waals surface area (Å²) in [6.07, 6.45) is 2.36. The molecule has 2 aromatic rings. The number of hydrogen-bond donors (Lipinski definition) is 0. The summed E-state index contributed by atoms with van der Waals surface area (Å²) in [5.41, 5.74) is 1.92. The van der Waals surface area contributed by atoms with E-state index in [4.69, 9.17) is 0 Å². The van der Waals surface area contributed by atoms with Crippen molar-refractivity contribution in [2.45, 2.75) is 19.8 Å². The van der Waals surface area contributed by atoms with Gasteiger partial charge in [0.15, 0.2) is 0 Å². The number of benzene rings is 1. The van der Waals surface area contributed by atoms with Gasteiger partial charge in [-0.05, 0) is 30.9 Å². The van der Waals surface area contributed by atoms with Crippen LogP contribution >= 0.6 is 0 Å². The van der Waals surface area contributed by atoms with Crippen LogP contribution in [0.2, 0.25) is 0 Å². The predicted octanol–water partition coefficient (Wildman–Crippen LogP) is 3.05. The van der Waals surface area contributed by atoms with Crippen molar-refractivity contribution < 1.29 is 4.79 Å². The maximum atomic E-state index is 12.6. The van der Waals surface area contributed by atoms with E-state index in [0.29, 0.717) is 5.92 Å². The molecule has 3 rings (SSSR count). The first-order chi connectivity index (χ1) is 9.16. The Bertz CT molecular complexity index is 614. The van der Waals surface area contributed by atoms with Crippen LogP contribution in [-0.4, -0.2) is 28.5 Å². The topological polar surface area (TPSA) is 25.2 Å². The van der Waals surface area contributed by atoms with Crippen LogP contribution in [0, 0.1) is 5.92 Å². The number of likely N-dealkylation sites (tertiary alicyclic amines) is 1. The molecule has 3 nitrogen and oxygen atoms in total. The standard InChI is InChI=1S/C16H20N2O/c1-12-6-5-9-18(11-12)16(19)15-10-13-7-3-4-8-14(13)17(15)2/h3-4,7-8,10,12H,5-6,9,11H2,1-2H3. The molecule has 1 aromatic heterocycles. The fourth-order valence-electron chi connectivity index (χ4n) is 3.03. The van der Waals surface area contributed by atoms with Crippen molar-refractivity contribution in [1.29, 1.82) is 0 Å². The van der Waals surface area contributed by atoms with Crippen molar-refractivity contribution in [3.8, 4) is 0 Å². The molecule has 100 valence electrons. The second-order valence-corrected chi connectivity index (χ2v) is 5.65. The Morgan fingerprint density at radius 3 is 2.84 bits per heavy atom. The number of carbonyl (C=O) groups excluding carboxylic acids is 1. The van der Waals surface area contributed by atoms with Gasteiger partial charge >= 0.3 is 0 Å². The van der Waals surface area contributed by atoms with E-state index in [0.717, 1.165) is 36.1 Å². The van der Waals surface area contributed by atoms with Gasteiger partial charge in [-0.25, -0.2) is 0 Å². The number of piperidine rings is 1. The van der Waals surface area contributed by atoms with Gasteiger partial charge in [0.2, 0.25) is 0 Å². The normalized spacial score (nSPS) is 19.9. The van der Waals surface area contributed by atoms with Gasteiger partial charge in [-0.15, -0.1) is 0 Å². The second kappa shape index (κ2) is 4.72. The van der Waals surface area contributed by atoms with Gasteiger partial charge in [0.05, 0.1) is 0 Å². The zero-order chi connectivity index (χ0) is 13.4. The Hall–Kier alpha value is -1.77. The zero-order valence-corrected chi connectivity index (χ0v) is 11.6. The first kappa shape index (κ1) is 12.3. The third kappa shape index (κ3) is 2.14. The SMILES string of the molecule is CC1CCCN(C(=O)c2cc3ccccc3n2C)C1. The van der Waals surface area contributed by atoms with Crippen LogP contribution in [0.5, 0.6) is 0 Å². The molecule has 0 radical (unpaired) electrons. The number of para-hydroxylation sites is 1. The molecule has 0 spiro atoms. The summed E-state index contributed by atoms with van der Waals surface area (Å²) in [7, 11) is 1.98. The van der Waals surface area contributed by atoms with Crippen LogP contribution in [0.4, 0.5) is 0 Å². The van der Waals surface area contributed by atoms with E-state index in [1.807, 2.05) is 34.7 Å². The zero-order valence-electron chi connectivity index (χ0n) is 11.6. The van der Waals surface area contributed by atoms with E-state index in [1.54, 1.807) is 0 Å². The van der Waals surface area contributed by atoms with E-state index < -0.39 is 0 Å². The summed E-state index contributed by atoms with van der Waals surface area (Å²) in [5, 5.41) is 1.14. The quantitative estimate of drug-likeness (QED) is 0.770. The minimum absolute atomic E-state index is 0.172. The minimum Gasteiger partial charge on any atom is -0.340 e. The number of nitrogens with zero attached hydrogens (tertiary/aromatic N) is 2. The molecule has 1 aliphatic heterocycles. The number of fused-ring (bicyclic) bond motifs is 1. The molecule has 1 aromatic carbocycles. The van der Waals surface area contributed by atoms with Crippen LogP contribution in [0.15, 0.2) is 30.3 Å². The fraction of sp³-hybridized carbons (Fsp3) is 0.438. The van der Waals surface area contributed by atoms with Gasteiger partial charge in [-0.3, -0.25) is 4.79 Å². The Balaban J connectivity index is 1.95. The molecule has 1 fully saturated rings. The molecule has 1 aliphatic rings. The molecule has 1 atom stereocenters. The number of aromatic nitrogens is 1. The molecule has 2 heterocycles. The van der Waals surface area contributed by atoms with Crippen molar-refractivity contribution in [2.75, 3.05) is 13.1 Å². The third-order valence-corrected chi connectivity index (χ3v) is 4.12. The van der Waals surface area contributed by atoms with Crippen molar-refractivity contribution in [3.05, 3.63) is 36.0 Å². The molecule has 1 saturated heterocycles. The minimum atomic E-state index is 0.172. The maximum absolute atomic E-state index is 12.6. The molecule has 1 unspecified atom stereocenters. The summed E-state index contributed by atoms with van der Waals surface area (Å²) in [6, 6.07) is 10.2. The number of carbonyl (C=O) groups is 1. The van der Waals surface area contributed by atoms with Crippen molar-refractivity contribution in [3.63, 3.8) is 0 Å². The molecular weight excluding hydrogens is 236 g/mol. The van der Waals surface area contributed by atoms with E-state index in [9.17, 15) is 4.79 Å². The van der Waals surface area contributed by atoms with Crippen molar-refractivity contribution in [1.82, 2.24) is 9.47 Å². The molecule has 0 saturated carbocycles. The smallest absolute Gasteiger partial charge is 0.270 e. The monoisotopic (exact) mass is 256 g/mol. The highest BCUT2D eigenvalue weighted by atomic mass is 16.2. The third-order valence-electron chi connectivity index (χ3n) is 4.12. The summed E-state index contributed by atoms with van der Waals surface area (Å²) in [4.78, 5) is 14.6. The highest BCUT2D eigenvalue weighted by Crippen LogP contribution is 2.22. The van der Waals surface area contributed by atoms with Crippen LogP contribution in [-0.2, 0) is 7.05 Å². The predicted molar refractivity (Wildman–Crippen MR) is 77.2 cm³/mol. The number of amides is 1. The van der Waals surface area contributed by atoms with Crippen molar-refractivity contribution in [2.24, 2.45) is 13.0 Å². The summed E-state index contributed by atoms with van der Waals surface area (Å²) >= 11 is 0. The second-order valence-electron chi connectivity index (χ2n) is 5.65. The highest BCUT2D eigenvalue weighted by molar-refractivity contribution is 5.98. The van der Waals surface area contributed by atoms with E-state index in [1.165, 1.54) is 6.42 Å². The van der Waals surface area contributed by atoms with Crippen LogP contribution in [0.3, 0.4) is 0 Å². The molecule has 0 aliphatic carbocycles. The summed E-state index contributed by atoms with van der Waals surface area (Å²) in [6.45, 7) is 4.01. The Morgan fingerprint density at radius 2 is 2.11 bits per heavy atom. The van der Waals surface area contributed by atoms with E-state index >= 15 is 0 Å². The Kier molecular flexibility index (Phi) is 3.05. The largest absolute Gasteiger partial charge is 0.340 e. The first-order valence-corrected chi connectivity index (χ1v) is 7.00. The lowest BCUT2D eigenvalue weighted by Crippen LogP contribution is -2.39. The van der Waals surface area contributed by atoms with Gasteiger partial charge in [0, 0.05) is 31.0 Å². The average Bonchev–Trinajstić information content (AvgIpc) is 2.76. The van der Waals surface area contributed by atoms with Gasteiger partial charge < -0.3 is 9.47 Å². The number of hydrogen-bond acceptors (Lipinski definition) is 1. The molecule has 0 N–H and O–H groups in total. The molecular formula is C16H20N2O. The van der Waals surface area contributed by atoms with E-state index in [2.05, 4.69) is 19.1 Å². The van der Waals surface area contributed by atoms with Gasteiger partial charge in [-0.1, -0.05) is 25.1 Å². The molecule has 1 amide bonds. The Labute approximate surface area is 113 Å². The molecule has 3 heteroatoms. The summed E-state index contributed by atoms with van der Waals surface area (Å²) in [5.74, 6) is 0.789. The van der Waals surface area contributed by atoms with Gasteiger partial charge in [-0.2, -0.15) is 0 Å². The Morgan fingerprint density at radius 1 is 1.32 bits per heavy atom. The fourth-order valence-corrected chi connectivity index (χ4v) is 3.03.